The highest BCUT2D eigenvalue weighted by molar-refractivity contribution is 9.10. The number of imide groups is 1. The number of thioether (sulfide) groups is 1. The number of benzene rings is 2. The average molecular weight is 593 g/mol. The minimum atomic E-state index is -0.529. The van der Waals surface area contributed by atoms with Crippen molar-refractivity contribution < 1.29 is 33.3 Å². The van der Waals surface area contributed by atoms with E-state index in [9.17, 15) is 14.4 Å². The molecule has 2 aromatic rings. The van der Waals surface area contributed by atoms with Gasteiger partial charge in [0.2, 0.25) is 0 Å². The summed E-state index contributed by atoms with van der Waals surface area (Å²) in [5.41, 5.74) is 2.78. The predicted octanol–water partition coefficient (Wildman–Crippen LogP) is 5.95. The zero-order valence-corrected chi connectivity index (χ0v) is 23.9. The van der Waals surface area contributed by atoms with E-state index in [1.165, 1.54) is 12.0 Å². The lowest BCUT2D eigenvalue weighted by molar-refractivity contribution is -0.143. The molecule has 1 aliphatic heterocycles. The first-order valence-corrected chi connectivity index (χ1v) is 13.4. The number of methoxy groups -OCH3 is 1. The maximum atomic E-state index is 13.0. The second-order valence-corrected chi connectivity index (χ2v) is 10.4. The molecule has 1 aliphatic rings. The highest BCUT2D eigenvalue weighted by atomic mass is 79.9. The van der Waals surface area contributed by atoms with Gasteiger partial charge in [0.25, 0.3) is 11.1 Å². The first-order chi connectivity index (χ1) is 17.6. The lowest BCUT2D eigenvalue weighted by Gasteiger charge is -2.17. The lowest BCUT2D eigenvalue weighted by Crippen LogP contribution is -2.32. The summed E-state index contributed by atoms with van der Waals surface area (Å²) in [4.78, 5) is 38.6. The molecule has 0 unspecified atom stereocenters. The molecule has 8 nitrogen and oxygen atoms in total. The van der Waals surface area contributed by atoms with Crippen molar-refractivity contribution in [1.29, 1.82) is 0 Å². The van der Waals surface area contributed by atoms with Gasteiger partial charge in [-0.15, -0.1) is 0 Å². The number of halogens is 1. The van der Waals surface area contributed by atoms with Gasteiger partial charge in [0, 0.05) is 0 Å². The molecule has 2 amide bonds. The summed E-state index contributed by atoms with van der Waals surface area (Å²) in [7, 11) is 1.28. The minimum absolute atomic E-state index is 0.141. The number of hydrogen-bond acceptors (Lipinski definition) is 8. The Hall–Kier alpha value is -2.98. The Morgan fingerprint density at radius 1 is 1.11 bits per heavy atom. The number of amides is 2. The van der Waals surface area contributed by atoms with E-state index in [0.29, 0.717) is 33.0 Å². The summed E-state index contributed by atoms with van der Waals surface area (Å²) in [6, 6.07) is 9.45. The van der Waals surface area contributed by atoms with Crippen molar-refractivity contribution in [1.82, 2.24) is 4.90 Å². The van der Waals surface area contributed by atoms with Crippen LogP contribution in [-0.4, -0.2) is 55.5 Å². The quantitative estimate of drug-likeness (QED) is 0.234. The Morgan fingerprint density at radius 3 is 2.54 bits per heavy atom. The zero-order chi connectivity index (χ0) is 27.1. The van der Waals surface area contributed by atoms with E-state index in [0.717, 1.165) is 28.6 Å². The number of esters is 1. The second kappa shape index (κ2) is 13.0. The van der Waals surface area contributed by atoms with Crippen LogP contribution in [0.1, 0.15) is 43.4 Å². The van der Waals surface area contributed by atoms with Gasteiger partial charge in [-0.25, -0.2) is 4.79 Å². The summed E-state index contributed by atoms with van der Waals surface area (Å²) in [6.07, 6.45) is 1.63. The van der Waals surface area contributed by atoms with Crippen molar-refractivity contribution in [2.75, 3.05) is 33.5 Å². The smallest absolute Gasteiger partial charge is 0.343 e. The van der Waals surface area contributed by atoms with Crippen molar-refractivity contribution in [2.24, 2.45) is 0 Å². The van der Waals surface area contributed by atoms with Gasteiger partial charge in [0.15, 0.2) is 18.1 Å². The van der Waals surface area contributed by atoms with E-state index in [-0.39, 0.29) is 36.8 Å². The van der Waals surface area contributed by atoms with E-state index in [1.807, 2.05) is 32.0 Å². The molecule has 3 rings (SSSR count). The van der Waals surface area contributed by atoms with Gasteiger partial charge in [0.05, 0.1) is 29.6 Å². The first-order valence-electron chi connectivity index (χ1n) is 11.8. The fraction of sp³-hybridized carbons (Fsp3) is 0.370. The number of hydrogen-bond donors (Lipinski definition) is 0. The van der Waals surface area contributed by atoms with Crippen LogP contribution in [0.4, 0.5) is 4.79 Å². The summed E-state index contributed by atoms with van der Waals surface area (Å²) in [5, 5.41) is -0.352. The Kier molecular flexibility index (Phi) is 10.0. The van der Waals surface area contributed by atoms with Gasteiger partial charge in [-0.05, 0) is 88.4 Å². The number of nitrogens with zero attached hydrogens (tertiary/aromatic N) is 1. The highest BCUT2D eigenvalue weighted by Gasteiger charge is 2.35. The second-order valence-electron chi connectivity index (χ2n) is 8.51. The monoisotopic (exact) mass is 591 g/mol. The molecular formula is C27H30BrNO7S. The molecule has 37 heavy (non-hydrogen) atoms. The normalized spacial score (nSPS) is 14.5. The molecule has 10 heteroatoms. The Bertz CT molecular complexity index is 1210. The lowest BCUT2D eigenvalue weighted by atomic mass is 10.0. The van der Waals surface area contributed by atoms with E-state index >= 15 is 0 Å². The standard InChI is InChI=1S/C27H30BrNO7S/c1-6-34-22-13-18(12-20(28)25(22)36-15-24(30)33-5)14-23-26(31)29(27(32)37-23)9-10-35-21-11-17(4)7-8-19(21)16(2)3/h7-8,11-14,16H,6,9-10,15H2,1-5H3/b23-14-. The van der Waals surface area contributed by atoms with Crippen molar-refractivity contribution in [3.63, 3.8) is 0 Å². The molecule has 0 bridgehead atoms. The van der Waals surface area contributed by atoms with Gasteiger partial charge < -0.3 is 18.9 Å². The summed E-state index contributed by atoms with van der Waals surface area (Å²) in [5.74, 6) is 0.866. The van der Waals surface area contributed by atoms with Crippen LogP contribution >= 0.6 is 27.7 Å². The van der Waals surface area contributed by atoms with Gasteiger partial charge >= 0.3 is 5.97 Å². The van der Waals surface area contributed by atoms with Crippen LogP contribution in [0.3, 0.4) is 0 Å². The van der Waals surface area contributed by atoms with E-state index in [4.69, 9.17) is 14.2 Å². The molecule has 0 saturated carbocycles. The van der Waals surface area contributed by atoms with Gasteiger partial charge in [-0.2, -0.15) is 0 Å². The topological polar surface area (TPSA) is 91.4 Å². The SMILES string of the molecule is CCOc1cc(/C=C2\SC(=O)N(CCOc3cc(C)ccc3C(C)C)C2=O)cc(Br)c1OCC(=O)OC. The number of rotatable bonds is 11. The van der Waals surface area contributed by atoms with Crippen LogP contribution in [0, 0.1) is 6.92 Å². The molecule has 0 radical (unpaired) electrons. The Morgan fingerprint density at radius 2 is 1.86 bits per heavy atom. The molecule has 0 aromatic heterocycles. The van der Waals surface area contributed by atoms with Crippen LogP contribution in [-0.2, 0) is 14.3 Å². The molecule has 0 spiro atoms. The minimum Gasteiger partial charge on any atom is -0.491 e. The summed E-state index contributed by atoms with van der Waals surface area (Å²) < 4.78 is 22.3. The maximum absolute atomic E-state index is 13.0. The maximum Gasteiger partial charge on any atom is 0.343 e. The van der Waals surface area contributed by atoms with Crippen molar-refractivity contribution >= 4 is 50.9 Å². The van der Waals surface area contributed by atoms with Crippen molar-refractivity contribution in [3.8, 4) is 17.2 Å². The molecular weight excluding hydrogens is 562 g/mol. The van der Waals surface area contributed by atoms with Crippen molar-refractivity contribution in [2.45, 2.75) is 33.6 Å². The third kappa shape index (κ3) is 7.29. The average Bonchev–Trinajstić information content (AvgIpc) is 3.10. The fourth-order valence-electron chi connectivity index (χ4n) is 3.60. The van der Waals surface area contributed by atoms with E-state index in [2.05, 4.69) is 34.5 Å². The van der Waals surface area contributed by atoms with Gasteiger partial charge in [-0.3, -0.25) is 14.5 Å². The molecule has 198 valence electrons. The van der Waals surface area contributed by atoms with Gasteiger partial charge in [-0.1, -0.05) is 26.0 Å². The largest absolute Gasteiger partial charge is 0.491 e. The number of carbonyl (C=O) groups is 3. The number of ether oxygens (including phenoxy) is 4. The molecule has 0 atom stereocenters. The van der Waals surface area contributed by atoms with Crippen LogP contribution < -0.4 is 14.2 Å². The Balaban J connectivity index is 1.73. The summed E-state index contributed by atoms with van der Waals surface area (Å²) >= 11 is 4.31. The molecule has 0 aliphatic carbocycles. The van der Waals surface area contributed by atoms with E-state index < -0.39 is 5.97 Å². The van der Waals surface area contributed by atoms with E-state index in [1.54, 1.807) is 18.2 Å². The number of carbonyl (C=O) groups excluding carboxylic acids is 3. The van der Waals surface area contributed by atoms with Gasteiger partial charge in [0.1, 0.15) is 12.4 Å². The fourth-order valence-corrected chi connectivity index (χ4v) is 5.04. The van der Waals surface area contributed by atoms with Crippen LogP contribution in [0.5, 0.6) is 17.2 Å². The number of aryl methyl sites for hydroxylation is 1. The zero-order valence-electron chi connectivity index (χ0n) is 21.5. The third-order valence-corrected chi connectivity index (χ3v) is 6.93. The molecule has 0 N–H and O–H groups in total. The predicted molar refractivity (Wildman–Crippen MR) is 146 cm³/mol. The summed E-state index contributed by atoms with van der Waals surface area (Å²) in [6.45, 7) is 8.40. The Labute approximate surface area is 229 Å². The molecule has 1 saturated heterocycles. The van der Waals surface area contributed by atoms with Crippen LogP contribution in [0.25, 0.3) is 6.08 Å². The molecule has 2 aromatic carbocycles. The third-order valence-electron chi connectivity index (χ3n) is 5.43. The first kappa shape index (κ1) is 28.6. The van der Waals surface area contributed by atoms with Crippen molar-refractivity contribution in [3.05, 3.63) is 56.4 Å². The van der Waals surface area contributed by atoms with Crippen LogP contribution in [0.2, 0.25) is 0 Å². The van der Waals surface area contributed by atoms with Crippen LogP contribution in [0.15, 0.2) is 39.7 Å². The highest BCUT2D eigenvalue weighted by Crippen LogP contribution is 2.39. The molecule has 1 fully saturated rings. The molecule has 1 heterocycles.